The number of carbonyl (C=O) groups is 1. The predicted octanol–water partition coefficient (Wildman–Crippen LogP) is 2.12. The molecule has 1 fully saturated rings. The Labute approximate surface area is 139 Å². The highest BCUT2D eigenvalue weighted by atomic mass is 16.5. The molecule has 1 atom stereocenters. The van der Waals surface area contributed by atoms with E-state index < -0.39 is 0 Å². The van der Waals surface area contributed by atoms with Crippen molar-refractivity contribution in [2.45, 2.75) is 33.2 Å². The van der Waals surface area contributed by atoms with Gasteiger partial charge in [0, 0.05) is 32.2 Å². The first-order valence-electron chi connectivity index (χ1n) is 8.62. The van der Waals surface area contributed by atoms with Crippen molar-refractivity contribution < 1.29 is 9.53 Å². The summed E-state index contributed by atoms with van der Waals surface area (Å²) in [5.74, 6) is 1.07. The van der Waals surface area contributed by atoms with E-state index in [1.54, 1.807) is 0 Å². The highest BCUT2D eigenvalue weighted by Gasteiger charge is 2.21. The molecule has 5 heteroatoms. The first-order valence-corrected chi connectivity index (χ1v) is 8.62. The van der Waals surface area contributed by atoms with E-state index in [4.69, 9.17) is 4.74 Å². The Morgan fingerprint density at radius 3 is 2.57 bits per heavy atom. The maximum absolute atomic E-state index is 12.0. The van der Waals surface area contributed by atoms with E-state index in [0.29, 0.717) is 13.2 Å². The third-order valence-electron chi connectivity index (χ3n) is 4.27. The van der Waals surface area contributed by atoms with Crippen LogP contribution in [0.2, 0.25) is 0 Å². The van der Waals surface area contributed by atoms with Gasteiger partial charge in [0.05, 0.1) is 18.8 Å². The fourth-order valence-electron chi connectivity index (χ4n) is 2.77. The van der Waals surface area contributed by atoms with Crippen molar-refractivity contribution in [1.29, 1.82) is 0 Å². The molecule has 5 nitrogen and oxygen atoms in total. The van der Waals surface area contributed by atoms with Gasteiger partial charge in [0.25, 0.3) is 0 Å². The lowest BCUT2D eigenvalue weighted by Gasteiger charge is -2.36. The van der Waals surface area contributed by atoms with E-state index in [-0.39, 0.29) is 11.9 Å². The lowest BCUT2D eigenvalue weighted by Crippen LogP contribution is -2.50. The predicted molar refractivity (Wildman–Crippen MR) is 94.2 cm³/mol. The number of amides is 1. The largest absolute Gasteiger partial charge is 0.492 e. The van der Waals surface area contributed by atoms with Crippen molar-refractivity contribution in [2.24, 2.45) is 0 Å². The van der Waals surface area contributed by atoms with Crippen molar-refractivity contribution >= 4 is 11.6 Å². The van der Waals surface area contributed by atoms with Crippen LogP contribution in [-0.2, 0) is 4.79 Å². The molecule has 0 bridgehead atoms. The van der Waals surface area contributed by atoms with Crippen molar-refractivity contribution in [3.05, 3.63) is 24.3 Å². The van der Waals surface area contributed by atoms with Gasteiger partial charge < -0.3 is 15.0 Å². The summed E-state index contributed by atoms with van der Waals surface area (Å²) < 4.78 is 5.72. The summed E-state index contributed by atoms with van der Waals surface area (Å²) in [6.07, 6.45) is 0.966. The Kier molecular flexibility index (Phi) is 6.71. The Bertz CT molecular complexity index is 499. The van der Waals surface area contributed by atoms with Crippen LogP contribution in [0.15, 0.2) is 24.3 Å². The Morgan fingerprint density at radius 2 is 1.91 bits per heavy atom. The average Bonchev–Trinajstić information content (AvgIpc) is 2.56. The minimum atomic E-state index is 0.127. The maximum Gasteiger partial charge on any atom is 0.234 e. The van der Waals surface area contributed by atoms with E-state index in [1.165, 1.54) is 0 Å². The normalized spacial score (nSPS) is 16.9. The number of para-hydroxylation sites is 2. The monoisotopic (exact) mass is 319 g/mol. The van der Waals surface area contributed by atoms with Crippen LogP contribution in [0.3, 0.4) is 0 Å². The molecule has 0 unspecified atom stereocenters. The van der Waals surface area contributed by atoms with Crippen molar-refractivity contribution in [3.8, 4) is 5.75 Å². The van der Waals surface area contributed by atoms with E-state index in [0.717, 1.165) is 44.0 Å². The molecular weight excluding hydrogens is 290 g/mol. The fourth-order valence-corrected chi connectivity index (χ4v) is 2.77. The zero-order chi connectivity index (χ0) is 16.7. The van der Waals surface area contributed by atoms with Gasteiger partial charge in [-0.1, -0.05) is 19.1 Å². The second-order valence-electron chi connectivity index (χ2n) is 6.04. The maximum atomic E-state index is 12.0. The van der Waals surface area contributed by atoms with Gasteiger partial charge in [-0.15, -0.1) is 0 Å². The lowest BCUT2D eigenvalue weighted by molar-refractivity contribution is -0.122. The average molecular weight is 319 g/mol. The SMILES string of the molecule is CCOc1ccccc1N1CCN(CC(=O)N[C@H](C)CC)CC1. The summed E-state index contributed by atoms with van der Waals surface area (Å²) in [7, 11) is 0. The number of carbonyl (C=O) groups excluding carboxylic acids is 1. The van der Waals surface area contributed by atoms with Gasteiger partial charge in [-0.3, -0.25) is 9.69 Å². The zero-order valence-corrected chi connectivity index (χ0v) is 14.5. The van der Waals surface area contributed by atoms with E-state index in [9.17, 15) is 4.79 Å². The summed E-state index contributed by atoms with van der Waals surface area (Å²) >= 11 is 0. The molecule has 23 heavy (non-hydrogen) atoms. The number of benzene rings is 1. The van der Waals surface area contributed by atoms with Gasteiger partial charge in [0.1, 0.15) is 5.75 Å². The number of ether oxygens (including phenoxy) is 1. The Morgan fingerprint density at radius 1 is 1.22 bits per heavy atom. The number of hydrogen-bond donors (Lipinski definition) is 1. The quantitative estimate of drug-likeness (QED) is 0.836. The fraction of sp³-hybridized carbons (Fsp3) is 0.611. The number of nitrogens with one attached hydrogen (secondary N) is 1. The van der Waals surface area contributed by atoms with E-state index >= 15 is 0 Å². The van der Waals surface area contributed by atoms with Crippen LogP contribution in [0, 0.1) is 0 Å². The molecule has 1 saturated heterocycles. The molecule has 0 spiro atoms. The van der Waals surface area contributed by atoms with Crippen molar-refractivity contribution in [2.75, 3.05) is 44.2 Å². The number of rotatable bonds is 7. The number of nitrogens with zero attached hydrogens (tertiary/aromatic N) is 2. The highest BCUT2D eigenvalue weighted by molar-refractivity contribution is 5.78. The molecule has 1 amide bonds. The van der Waals surface area contributed by atoms with Gasteiger partial charge >= 0.3 is 0 Å². The number of piperazine rings is 1. The summed E-state index contributed by atoms with van der Waals surface area (Å²) in [6, 6.07) is 8.43. The zero-order valence-electron chi connectivity index (χ0n) is 14.5. The molecule has 1 N–H and O–H groups in total. The summed E-state index contributed by atoms with van der Waals surface area (Å²) in [6.45, 7) is 10.9. The summed E-state index contributed by atoms with van der Waals surface area (Å²) in [4.78, 5) is 16.5. The molecule has 2 rings (SSSR count). The minimum Gasteiger partial charge on any atom is -0.492 e. The summed E-state index contributed by atoms with van der Waals surface area (Å²) in [5.41, 5.74) is 1.15. The van der Waals surface area contributed by atoms with Crippen LogP contribution in [-0.4, -0.2) is 56.2 Å². The molecule has 1 aromatic rings. The Hall–Kier alpha value is -1.75. The standard InChI is InChI=1S/C18H29N3O2/c1-4-15(3)19-18(22)14-20-10-12-21(13-11-20)16-8-6-7-9-17(16)23-5-2/h6-9,15H,4-5,10-14H2,1-3H3,(H,19,22)/t15-/m1/s1. The molecule has 0 radical (unpaired) electrons. The first-order chi connectivity index (χ1) is 11.1. The molecule has 0 saturated carbocycles. The number of hydrogen-bond acceptors (Lipinski definition) is 4. The van der Waals surface area contributed by atoms with Gasteiger partial charge in [-0.05, 0) is 32.4 Å². The third-order valence-corrected chi connectivity index (χ3v) is 4.27. The first kappa shape index (κ1) is 17.6. The number of anilines is 1. The third kappa shape index (κ3) is 5.13. The van der Waals surface area contributed by atoms with Crippen molar-refractivity contribution in [3.63, 3.8) is 0 Å². The molecule has 1 aliphatic heterocycles. The van der Waals surface area contributed by atoms with Gasteiger partial charge in [0.2, 0.25) is 5.91 Å². The molecule has 1 aromatic carbocycles. The molecule has 0 aliphatic carbocycles. The van der Waals surface area contributed by atoms with Crippen molar-refractivity contribution in [1.82, 2.24) is 10.2 Å². The smallest absolute Gasteiger partial charge is 0.234 e. The topological polar surface area (TPSA) is 44.8 Å². The highest BCUT2D eigenvalue weighted by Crippen LogP contribution is 2.28. The Balaban J connectivity index is 1.85. The van der Waals surface area contributed by atoms with Crippen LogP contribution >= 0.6 is 0 Å². The summed E-state index contributed by atoms with van der Waals surface area (Å²) in [5, 5.41) is 3.03. The van der Waals surface area contributed by atoms with Crippen LogP contribution in [0.5, 0.6) is 5.75 Å². The van der Waals surface area contributed by atoms with Gasteiger partial charge in [0.15, 0.2) is 0 Å². The van der Waals surface area contributed by atoms with Crippen LogP contribution in [0.1, 0.15) is 27.2 Å². The second kappa shape index (κ2) is 8.77. The molecule has 1 heterocycles. The second-order valence-corrected chi connectivity index (χ2v) is 6.04. The minimum absolute atomic E-state index is 0.127. The lowest BCUT2D eigenvalue weighted by atomic mass is 10.2. The molecular formula is C18H29N3O2. The van der Waals surface area contributed by atoms with Crippen LogP contribution in [0.4, 0.5) is 5.69 Å². The molecule has 1 aliphatic rings. The van der Waals surface area contributed by atoms with Gasteiger partial charge in [-0.25, -0.2) is 0 Å². The van der Waals surface area contributed by atoms with Crippen LogP contribution in [0.25, 0.3) is 0 Å². The molecule has 128 valence electrons. The van der Waals surface area contributed by atoms with Crippen LogP contribution < -0.4 is 15.0 Å². The molecule has 0 aromatic heterocycles. The van der Waals surface area contributed by atoms with E-state index in [2.05, 4.69) is 28.1 Å². The van der Waals surface area contributed by atoms with Gasteiger partial charge in [-0.2, -0.15) is 0 Å². The van der Waals surface area contributed by atoms with E-state index in [1.807, 2.05) is 32.0 Å².